The standard InChI is InChI=1S/C24H19NO5/c1-29-17-12-10-16(11-13-17)22(26)15-30-23(27)14-25-20-8-4-2-6-18(20)24(28)19-7-3-5-9-21(19)25/h2-13H,14-15H2,1H3. The van der Waals surface area contributed by atoms with Crippen LogP contribution in [0.3, 0.4) is 0 Å². The Bertz CT molecular complexity index is 1240. The van der Waals surface area contributed by atoms with E-state index in [2.05, 4.69) is 0 Å². The van der Waals surface area contributed by atoms with Crippen LogP contribution in [0.15, 0.2) is 77.6 Å². The second-order valence-corrected chi connectivity index (χ2v) is 6.76. The maximum atomic E-state index is 12.8. The number of nitrogens with zero attached hydrogens (tertiary/aromatic N) is 1. The highest BCUT2D eigenvalue weighted by atomic mass is 16.5. The van der Waals surface area contributed by atoms with Crippen molar-refractivity contribution in [3.05, 3.63) is 88.6 Å². The lowest BCUT2D eigenvalue weighted by molar-refractivity contribution is -0.143. The van der Waals surface area contributed by atoms with Crippen LogP contribution in [-0.2, 0) is 16.1 Å². The Balaban J connectivity index is 1.57. The Morgan fingerprint density at radius 1 is 0.833 bits per heavy atom. The van der Waals surface area contributed by atoms with Crippen LogP contribution in [0.4, 0.5) is 0 Å². The molecule has 6 nitrogen and oxygen atoms in total. The minimum atomic E-state index is -0.559. The first-order chi connectivity index (χ1) is 14.6. The molecule has 0 bridgehead atoms. The average molecular weight is 401 g/mol. The molecule has 0 saturated carbocycles. The second kappa shape index (κ2) is 8.21. The molecule has 0 radical (unpaired) electrons. The zero-order valence-corrected chi connectivity index (χ0v) is 16.3. The van der Waals surface area contributed by atoms with Crippen LogP contribution >= 0.6 is 0 Å². The van der Waals surface area contributed by atoms with Gasteiger partial charge in [0.15, 0.2) is 17.8 Å². The first kappa shape index (κ1) is 19.4. The smallest absolute Gasteiger partial charge is 0.326 e. The topological polar surface area (TPSA) is 74.6 Å². The van der Waals surface area contributed by atoms with E-state index in [1.807, 2.05) is 12.1 Å². The first-order valence-corrected chi connectivity index (χ1v) is 9.41. The number of hydrogen-bond donors (Lipinski definition) is 0. The van der Waals surface area contributed by atoms with Crippen LogP contribution < -0.4 is 10.2 Å². The number of aromatic nitrogens is 1. The van der Waals surface area contributed by atoms with Crippen molar-refractivity contribution in [3.8, 4) is 5.75 Å². The Labute approximate surface area is 172 Å². The number of fused-ring (bicyclic) bond motifs is 2. The quantitative estimate of drug-likeness (QED) is 0.280. The minimum absolute atomic E-state index is 0.0829. The number of ether oxygens (including phenoxy) is 2. The van der Waals surface area contributed by atoms with E-state index in [-0.39, 0.29) is 24.4 Å². The third-order valence-corrected chi connectivity index (χ3v) is 4.94. The molecule has 0 unspecified atom stereocenters. The van der Waals surface area contributed by atoms with Crippen molar-refractivity contribution in [2.75, 3.05) is 13.7 Å². The predicted octanol–water partition coefficient (Wildman–Crippen LogP) is 3.59. The van der Waals surface area contributed by atoms with Crippen LogP contribution in [-0.4, -0.2) is 30.0 Å². The van der Waals surface area contributed by atoms with Crippen molar-refractivity contribution in [1.29, 1.82) is 0 Å². The molecule has 0 N–H and O–H groups in total. The van der Waals surface area contributed by atoms with E-state index in [1.165, 1.54) is 0 Å². The maximum Gasteiger partial charge on any atom is 0.326 e. The van der Waals surface area contributed by atoms with E-state index in [9.17, 15) is 14.4 Å². The molecule has 4 rings (SSSR count). The monoisotopic (exact) mass is 401 g/mol. The average Bonchev–Trinajstić information content (AvgIpc) is 2.80. The number of methoxy groups -OCH3 is 1. The van der Waals surface area contributed by atoms with Crippen LogP contribution in [0.1, 0.15) is 10.4 Å². The summed E-state index contributed by atoms with van der Waals surface area (Å²) in [7, 11) is 1.54. The molecular weight excluding hydrogens is 382 g/mol. The van der Waals surface area contributed by atoms with Gasteiger partial charge < -0.3 is 14.0 Å². The zero-order chi connectivity index (χ0) is 21.1. The van der Waals surface area contributed by atoms with E-state index < -0.39 is 5.97 Å². The lowest BCUT2D eigenvalue weighted by atomic mass is 10.1. The lowest BCUT2D eigenvalue weighted by Gasteiger charge is -2.14. The lowest BCUT2D eigenvalue weighted by Crippen LogP contribution is -2.20. The molecular formula is C24H19NO5. The predicted molar refractivity (Wildman–Crippen MR) is 114 cm³/mol. The summed E-state index contributed by atoms with van der Waals surface area (Å²) in [6.07, 6.45) is 0. The highest BCUT2D eigenvalue weighted by Crippen LogP contribution is 2.19. The van der Waals surface area contributed by atoms with Gasteiger partial charge in [0.05, 0.1) is 18.1 Å². The number of para-hydroxylation sites is 2. The molecule has 0 aliphatic heterocycles. The summed E-state index contributed by atoms with van der Waals surface area (Å²) >= 11 is 0. The summed E-state index contributed by atoms with van der Waals surface area (Å²) in [5.41, 5.74) is 1.63. The summed E-state index contributed by atoms with van der Waals surface area (Å²) < 4.78 is 12.0. The largest absolute Gasteiger partial charge is 0.497 e. The highest BCUT2D eigenvalue weighted by molar-refractivity contribution is 5.98. The Kier molecular flexibility index (Phi) is 5.30. The van der Waals surface area contributed by atoms with Gasteiger partial charge in [0.25, 0.3) is 0 Å². The number of carbonyl (C=O) groups excluding carboxylic acids is 2. The van der Waals surface area contributed by atoms with E-state index >= 15 is 0 Å². The van der Waals surface area contributed by atoms with Gasteiger partial charge in [0.1, 0.15) is 12.3 Å². The summed E-state index contributed by atoms with van der Waals surface area (Å²) in [5, 5.41) is 1.05. The number of benzene rings is 3. The number of hydrogen-bond acceptors (Lipinski definition) is 5. The SMILES string of the molecule is COc1ccc(C(=O)COC(=O)Cn2c3ccccc3c(=O)c3ccccc32)cc1. The van der Waals surface area contributed by atoms with E-state index in [1.54, 1.807) is 72.3 Å². The highest BCUT2D eigenvalue weighted by Gasteiger charge is 2.15. The van der Waals surface area contributed by atoms with Crippen LogP contribution in [0.25, 0.3) is 21.8 Å². The normalized spacial score (nSPS) is 10.8. The van der Waals surface area contributed by atoms with Gasteiger partial charge in [0, 0.05) is 16.3 Å². The van der Waals surface area contributed by atoms with Crippen LogP contribution in [0.2, 0.25) is 0 Å². The molecule has 1 heterocycles. The summed E-state index contributed by atoms with van der Waals surface area (Å²) in [4.78, 5) is 37.6. The third-order valence-electron chi connectivity index (χ3n) is 4.94. The zero-order valence-electron chi connectivity index (χ0n) is 16.3. The number of esters is 1. The molecule has 6 heteroatoms. The number of ketones is 1. The third kappa shape index (κ3) is 3.67. The van der Waals surface area contributed by atoms with Crippen molar-refractivity contribution >= 4 is 33.6 Å². The Morgan fingerprint density at radius 2 is 1.40 bits per heavy atom. The molecule has 0 atom stereocenters. The van der Waals surface area contributed by atoms with Crippen molar-refractivity contribution in [3.63, 3.8) is 0 Å². The molecule has 0 aliphatic carbocycles. The molecule has 0 amide bonds. The van der Waals surface area contributed by atoms with Crippen LogP contribution in [0.5, 0.6) is 5.75 Å². The fourth-order valence-electron chi connectivity index (χ4n) is 3.43. The molecule has 0 spiro atoms. The van der Waals surface area contributed by atoms with Gasteiger partial charge in [-0.15, -0.1) is 0 Å². The van der Waals surface area contributed by atoms with Gasteiger partial charge in [-0.3, -0.25) is 14.4 Å². The van der Waals surface area contributed by atoms with E-state index in [4.69, 9.17) is 9.47 Å². The Morgan fingerprint density at radius 3 is 1.97 bits per heavy atom. The summed E-state index contributed by atoms with van der Waals surface area (Å²) in [6.45, 7) is -0.474. The number of carbonyl (C=O) groups is 2. The van der Waals surface area contributed by atoms with Crippen molar-refractivity contribution < 1.29 is 19.1 Å². The molecule has 30 heavy (non-hydrogen) atoms. The van der Waals surface area contributed by atoms with Gasteiger partial charge in [-0.25, -0.2) is 0 Å². The van der Waals surface area contributed by atoms with Crippen molar-refractivity contribution in [2.45, 2.75) is 6.54 Å². The minimum Gasteiger partial charge on any atom is -0.497 e. The molecule has 0 fully saturated rings. The molecule has 150 valence electrons. The van der Waals surface area contributed by atoms with Gasteiger partial charge in [-0.05, 0) is 48.5 Å². The first-order valence-electron chi connectivity index (χ1n) is 9.41. The maximum absolute atomic E-state index is 12.8. The van der Waals surface area contributed by atoms with Gasteiger partial charge in [-0.2, -0.15) is 0 Å². The number of Topliss-reactive ketones (excluding diaryl/α,β-unsaturated/α-hetero) is 1. The van der Waals surface area contributed by atoms with Crippen LogP contribution in [0, 0.1) is 0 Å². The van der Waals surface area contributed by atoms with Gasteiger partial charge in [0.2, 0.25) is 0 Å². The van der Waals surface area contributed by atoms with E-state index in [0.717, 1.165) is 0 Å². The van der Waals surface area contributed by atoms with Crippen molar-refractivity contribution in [2.24, 2.45) is 0 Å². The molecule has 4 aromatic rings. The molecule has 3 aromatic carbocycles. The number of rotatable bonds is 6. The fourth-order valence-corrected chi connectivity index (χ4v) is 3.43. The summed E-state index contributed by atoms with van der Waals surface area (Å²) in [6, 6.07) is 20.8. The van der Waals surface area contributed by atoms with Gasteiger partial charge in [-0.1, -0.05) is 24.3 Å². The molecule has 0 aliphatic rings. The second-order valence-electron chi connectivity index (χ2n) is 6.76. The fraction of sp³-hybridized carbons (Fsp3) is 0.125. The van der Waals surface area contributed by atoms with Crippen molar-refractivity contribution in [1.82, 2.24) is 4.57 Å². The molecule has 0 saturated heterocycles. The van der Waals surface area contributed by atoms with Gasteiger partial charge >= 0.3 is 5.97 Å². The molecule has 1 aromatic heterocycles. The Hall–Kier alpha value is -3.93. The van der Waals surface area contributed by atoms with E-state index in [0.29, 0.717) is 33.1 Å². The number of pyridine rings is 1. The summed E-state index contributed by atoms with van der Waals surface area (Å²) in [5.74, 6) is -0.225.